The molecule has 0 aliphatic heterocycles. The van der Waals surface area contributed by atoms with E-state index in [2.05, 4.69) is 20.4 Å². The summed E-state index contributed by atoms with van der Waals surface area (Å²) in [6.07, 6.45) is 6.19. The van der Waals surface area contributed by atoms with Gasteiger partial charge in [-0.15, -0.1) is 0 Å². The third kappa shape index (κ3) is 3.25. The summed E-state index contributed by atoms with van der Waals surface area (Å²) in [5, 5.41) is 6.99. The molecule has 0 aliphatic carbocycles. The summed E-state index contributed by atoms with van der Waals surface area (Å²) in [5.74, 6) is -0.277. The number of aromatic nitrogens is 4. The fourth-order valence-corrected chi connectivity index (χ4v) is 1.33. The molecule has 0 bridgehead atoms. The fourth-order valence-electron chi connectivity index (χ4n) is 1.24. The highest BCUT2D eigenvalue weighted by Crippen LogP contribution is 2.00. The number of hydrogen-bond acceptors (Lipinski definition) is 4. The van der Waals surface area contributed by atoms with Crippen molar-refractivity contribution in [2.45, 2.75) is 6.54 Å². The van der Waals surface area contributed by atoms with Gasteiger partial charge in [-0.2, -0.15) is 5.10 Å². The zero-order valence-corrected chi connectivity index (χ0v) is 9.63. The lowest BCUT2D eigenvalue weighted by Crippen LogP contribution is -2.28. The molecule has 2 aromatic rings. The maximum atomic E-state index is 11.6. The molecular formula is C10H10ClN5O. The maximum Gasteiger partial charge on any atom is 0.271 e. The summed E-state index contributed by atoms with van der Waals surface area (Å²) in [6.45, 7) is 1.09. The fraction of sp³-hybridized carbons (Fsp3) is 0.200. The monoisotopic (exact) mass is 251 g/mol. The molecule has 0 aliphatic rings. The van der Waals surface area contributed by atoms with E-state index in [1.807, 2.05) is 12.3 Å². The normalized spacial score (nSPS) is 10.2. The third-order valence-electron chi connectivity index (χ3n) is 2.04. The Morgan fingerprint density at radius 1 is 1.41 bits per heavy atom. The minimum atomic E-state index is -0.277. The average Bonchev–Trinajstić information content (AvgIpc) is 2.83. The highest BCUT2D eigenvalue weighted by molar-refractivity contribution is 6.29. The van der Waals surface area contributed by atoms with Crippen LogP contribution in [-0.4, -0.2) is 32.2 Å². The van der Waals surface area contributed by atoms with Gasteiger partial charge in [0.25, 0.3) is 5.91 Å². The number of carbonyl (C=O) groups excluding carboxylic acids is 1. The highest BCUT2D eigenvalue weighted by Gasteiger charge is 2.06. The molecule has 0 unspecified atom stereocenters. The zero-order valence-electron chi connectivity index (χ0n) is 8.88. The number of halogens is 1. The Morgan fingerprint density at radius 2 is 2.29 bits per heavy atom. The van der Waals surface area contributed by atoms with Gasteiger partial charge in [0.2, 0.25) is 0 Å². The second-order valence-electron chi connectivity index (χ2n) is 3.25. The van der Waals surface area contributed by atoms with Crippen molar-refractivity contribution >= 4 is 17.5 Å². The van der Waals surface area contributed by atoms with Crippen LogP contribution in [0.25, 0.3) is 0 Å². The summed E-state index contributed by atoms with van der Waals surface area (Å²) in [6, 6.07) is 1.83. The Morgan fingerprint density at radius 3 is 2.94 bits per heavy atom. The number of hydrogen-bond donors (Lipinski definition) is 1. The van der Waals surface area contributed by atoms with Crippen LogP contribution in [0.4, 0.5) is 0 Å². The van der Waals surface area contributed by atoms with Crippen LogP contribution in [0.5, 0.6) is 0 Å². The SMILES string of the molecule is O=C(NCCn1cccn1)c1cnc(Cl)cn1. The van der Waals surface area contributed by atoms with Gasteiger partial charge in [0, 0.05) is 18.9 Å². The molecular weight excluding hydrogens is 242 g/mol. The van der Waals surface area contributed by atoms with E-state index in [9.17, 15) is 4.79 Å². The molecule has 1 N–H and O–H groups in total. The zero-order chi connectivity index (χ0) is 12.1. The van der Waals surface area contributed by atoms with Crippen LogP contribution >= 0.6 is 11.6 Å². The Balaban J connectivity index is 1.83. The molecule has 0 aromatic carbocycles. The number of rotatable bonds is 4. The van der Waals surface area contributed by atoms with Crippen molar-refractivity contribution in [1.82, 2.24) is 25.1 Å². The van der Waals surface area contributed by atoms with E-state index in [0.717, 1.165) is 0 Å². The molecule has 0 saturated heterocycles. The van der Waals surface area contributed by atoms with Crippen molar-refractivity contribution in [2.24, 2.45) is 0 Å². The van der Waals surface area contributed by atoms with Crippen molar-refractivity contribution in [2.75, 3.05) is 6.54 Å². The summed E-state index contributed by atoms with van der Waals surface area (Å²) < 4.78 is 1.73. The van der Waals surface area contributed by atoms with E-state index >= 15 is 0 Å². The molecule has 0 radical (unpaired) electrons. The summed E-state index contributed by atoms with van der Waals surface area (Å²) in [5.41, 5.74) is 0.245. The Bertz CT molecular complexity index is 482. The Hall–Kier alpha value is -1.95. The first-order chi connectivity index (χ1) is 8.25. The molecule has 2 rings (SSSR count). The average molecular weight is 252 g/mol. The van der Waals surface area contributed by atoms with Crippen LogP contribution in [0, 0.1) is 0 Å². The molecule has 17 heavy (non-hydrogen) atoms. The van der Waals surface area contributed by atoms with E-state index in [0.29, 0.717) is 13.1 Å². The molecule has 7 heteroatoms. The van der Waals surface area contributed by atoms with Gasteiger partial charge in [0.05, 0.1) is 18.9 Å². The van der Waals surface area contributed by atoms with Gasteiger partial charge in [0.15, 0.2) is 0 Å². The number of nitrogens with one attached hydrogen (secondary N) is 1. The van der Waals surface area contributed by atoms with Crippen LogP contribution in [0.15, 0.2) is 30.9 Å². The second-order valence-corrected chi connectivity index (χ2v) is 3.64. The standard InChI is InChI=1S/C10H10ClN5O/c11-9-7-13-8(6-14-9)10(17)12-3-5-16-4-1-2-15-16/h1-2,4,6-7H,3,5H2,(H,12,17). The predicted octanol–water partition coefficient (Wildman–Crippen LogP) is 0.756. The van der Waals surface area contributed by atoms with E-state index < -0.39 is 0 Å². The largest absolute Gasteiger partial charge is 0.349 e. The van der Waals surface area contributed by atoms with Gasteiger partial charge < -0.3 is 5.32 Å². The van der Waals surface area contributed by atoms with Crippen LogP contribution in [0.3, 0.4) is 0 Å². The summed E-state index contributed by atoms with van der Waals surface area (Å²) in [7, 11) is 0. The third-order valence-corrected chi connectivity index (χ3v) is 2.23. The van der Waals surface area contributed by atoms with E-state index in [1.54, 1.807) is 10.9 Å². The van der Waals surface area contributed by atoms with Crippen LogP contribution in [0.1, 0.15) is 10.5 Å². The van der Waals surface area contributed by atoms with Crippen molar-refractivity contribution < 1.29 is 4.79 Å². The molecule has 2 aromatic heterocycles. The first-order valence-electron chi connectivity index (χ1n) is 4.99. The van der Waals surface area contributed by atoms with Crippen LogP contribution < -0.4 is 5.32 Å². The quantitative estimate of drug-likeness (QED) is 0.871. The second kappa shape index (κ2) is 5.40. The highest BCUT2D eigenvalue weighted by atomic mass is 35.5. The molecule has 0 saturated carbocycles. The number of nitrogens with zero attached hydrogens (tertiary/aromatic N) is 4. The minimum absolute atomic E-state index is 0.245. The van der Waals surface area contributed by atoms with Crippen LogP contribution in [0.2, 0.25) is 5.15 Å². The number of carbonyl (C=O) groups is 1. The molecule has 88 valence electrons. The minimum Gasteiger partial charge on any atom is -0.349 e. The molecule has 0 spiro atoms. The lowest BCUT2D eigenvalue weighted by Gasteiger charge is -2.04. The van der Waals surface area contributed by atoms with E-state index in [1.165, 1.54) is 12.4 Å². The van der Waals surface area contributed by atoms with Gasteiger partial charge in [-0.05, 0) is 6.07 Å². The van der Waals surface area contributed by atoms with Gasteiger partial charge in [-0.3, -0.25) is 9.48 Å². The molecule has 0 atom stereocenters. The number of amides is 1. The predicted molar refractivity (Wildman–Crippen MR) is 61.6 cm³/mol. The molecule has 0 fully saturated rings. The Labute approximate surface area is 103 Å². The first-order valence-corrected chi connectivity index (χ1v) is 5.36. The summed E-state index contributed by atoms with van der Waals surface area (Å²) >= 11 is 5.57. The van der Waals surface area contributed by atoms with Crippen LogP contribution in [-0.2, 0) is 6.54 Å². The smallest absolute Gasteiger partial charge is 0.271 e. The first kappa shape index (κ1) is 11.5. The molecule has 2 heterocycles. The lowest BCUT2D eigenvalue weighted by molar-refractivity contribution is 0.0946. The lowest BCUT2D eigenvalue weighted by atomic mass is 10.4. The van der Waals surface area contributed by atoms with Crippen molar-refractivity contribution in [3.05, 3.63) is 41.7 Å². The van der Waals surface area contributed by atoms with Gasteiger partial charge in [-0.1, -0.05) is 11.6 Å². The van der Waals surface area contributed by atoms with Gasteiger partial charge in [0.1, 0.15) is 10.8 Å². The van der Waals surface area contributed by atoms with E-state index in [-0.39, 0.29) is 16.8 Å². The van der Waals surface area contributed by atoms with Gasteiger partial charge >= 0.3 is 0 Å². The maximum absolute atomic E-state index is 11.6. The topological polar surface area (TPSA) is 72.7 Å². The molecule has 6 nitrogen and oxygen atoms in total. The summed E-state index contributed by atoms with van der Waals surface area (Å²) in [4.78, 5) is 19.2. The van der Waals surface area contributed by atoms with E-state index in [4.69, 9.17) is 11.6 Å². The Kier molecular flexibility index (Phi) is 3.66. The van der Waals surface area contributed by atoms with Gasteiger partial charge in [-0.25, -0.2) is 9.97 Å². The molecule has 1 amide bonds. The van der Waals surface area contributed by atoms with Crippen molar-refractivity contribution in [1.29, 1.82) is 0 Å². The van der Waals surface area contributed by atoms with Crippen molar-refractivity contribution in [3.63, 3.8) is 0 Å². The van der Waals surface area contributed by atoms with Crippen molar-refractivity contribution in [3.8, 4) is 0 Å².